The Morgan fingerprint density at radius 1 is 1.08 bits per heavy atom. The number of halogens is 1. The lowest BCUT2D eigenvalue weighted by Gasteiger charge is -2.12. The minimum absolute atomic E-state index is 0.0633. The van der Waals surface area contributed by atoms with Gasteiger partial charge in [0.1, 0.15) is 11.5 Å². The molecule has 0 aliphatic rings. The molecule has 0 aliphatic carbocycles. The molecule has 24 heavy (non-hydrogen) atoms. The maximum Gasteiger partial charge on any atom is 0.262 e. The largest absolute Gasteiger partial charge is 0.492 e. The first-order valence-electron chi connectivity index (χ1n) is 8.07. The van der Waals surface area contributed by atoms with E-state index in [4.69, 9.17) is 9.47 Å². The quantitative estimate of drug-likeness (QED) is 0.701. The van der Waals surface area contributed by atoms with Crippen molar-refractivity contribution < 1.29 is 14.3 Å². The lowest BCUT2D eigenvalue weighted by atomic mass is 10.1. The topological polar surface area (TPSA) is 47.6 Å². The molecule has 0 unspecified atom stereocenters. The lowest BCUT2D eigenvalue weighted by Crippen LogP contribution is -2.20. The molecule has 0 saturated heterocycles. The molecule has 128 valence electrons. The highest BCUT2D eigenvalue weighted by Crippen LogP contribution is 2.27. The van der Waals surface area contributed by atoms with Crippen molar-refractivity contribution in [2.75, 3.05) is 18.5 Å². The van der Waals surface area contributed by atoms with Gasteiger partial charge in [-0.1, -0.05) is 31.5 Å². The molecule has 0 spiro atoms. The number of hydrogen-bond acceptors (Lipinski definition) is 3. The monoisotopic (exact) mass is 391 g/mol. The molecule has 2 aromatic rings. The van der Waals surface area contributed by atoms with E-state index in [1.165, 1.54) is 5.56 Å². The standard InChI is InChI=1S/C19H22BrNO3/c1-3-7-14-10-11-17(15(20)12-14)24-13-19(22)21-16-8-5-6-9-18(16)23-4-2/h5-6,8-12H,3-4,7,13H2,1-2H3,(H,21,22). The summed E-state index contributed by atoms with van der Waals surface area (Å²) in [6, 6.07) is 13.3. The second-order valence-electron chi connectivity index (χ2n) is 5.28. The maximum absolute atomic E-state index is 12.1. The summed E-state index contributed by atoms with van der Waals surface area (Å²) < 4.78 is 12.0. The highest BCUT2D eigenvalue weighted by Gasteiger charge is 2.09. The van der Waals surface area contributed by atoms with Crippen molar-refractivity contribution in [3.63, 3.8) is 0 Å². The van der Waals surface area contributed by atoms with Crippen molar-refractivity contribution in [2.45, 2.75) is 26.7 Å². The van der Waals surface area contributed by atoms with Crippen LogP contribution in [0.4, 0.5) is 5.69 Å². The third-order valence-electron chi connectivity index (χ3n) is 3.35. The van der Waals surface area contributed by atoms with Gasteiger partial charge in [0.25, 0.3) is 5.91 Å². The fourth-order valence-electron chi connectivity index (χ4n) is 2.29. The Hall–Kier alpha value is -2.01. The number of anilines is 1. The van der Waals surface area contributed by atoms with E-state index in [9.17, 15) is 4.79 Å². The number of rotatable bonds is 8. The number of nitrogens with one attached hydrogen (secondary N) is 1. The first-order valence-corrected chi connectivity index (χ1v) is 8.86. The van der Waals surface area contributed by atoms with Gasteiger partial charge in [0.15, 0.2) is 6.61 Å². The average molecular weight is 392 g/mol. The summed E-state index contributed by atoms with van der Waals surface area (Å²) in [5, 5.41) is 2.81. The molecule has 0 saturated carbocycles. The van der Waals surface area contributed by atoms with Gasteiger partial charge in [0.05, 0.1) is 16.8 Å². The lowest BCUT2D eigenvalue weighted by molar-refractivity contribution is -0.118. The van der Waals surface area contributed by atoms with E-state index in [-0.39, 0.29) is 12.5 Å². The van der Waals surface area contributed by atoms with Gasteiger partial charge in [-0.05, 0) is 59.1 Å². The molecule has 5 heteroatoms. The van der Waals surface area contributed by atoms with Crippen LogP contribution in [0.1, 0.15) is 25.8 Å². The normalized spacial score (nSPS) is 10.3. The van der Waals surface area contributed by atoms with Crippen LogP contribution in [-0.2, 0) is 11.2 Å². The molecule has 2 rings (SSSR count). The minimum Gasteiger partial charge on any atom is -0.492 e. The Morgan fingerprint density at radius 2 is 1.88 bits per heavy atom. The Balaban J connectivity index is 1.94. The van der Waals surface area contributed by atoms with Crippen molar-refractivity contribution in [3.05, 3.63) is 52.5 Å². The first-order chi connectivity index (χ1) is 11.6. The fraction of sp³-hybridized carbons (Fsp3) is 0.316. The third kappa shape index (κ3) is 5.27. The zero-order chi connectivity index (χ0) is 17.4. The summed E-state index contributed by atoms with van der Waals surface area (Å²) in [5.74, 6) is 1.08. The summed E-state index contributed by atoms with van der Waals surface area (Å²) >= 11 is 3.49. The van der Waals surface area contributed by atoms with E-state index in [0.717, 1.165) is 17.3 Å². The van der Waals surface area contributed by atoms with Crippen molar-refractivity contribution in [3.8, 4) is 11.5 Å². The van der Waals surface area contributed by atoms with Gasteiger partial charge in [-0.25, -0.2) is 0 Å². The SMILES string of the molecule is CCCc1ccc(OCC(=O)Nc2ccccc2OCC)c(Br)c1. The summed E-state index contributed by atoms with van der Waals surface area (Å²) in [6.45, 7) is 4.52. The van der Waals surface area contributed by atoms with Crippen LogP contribution in [0.25, 0.3) is 0 Å². The van der Waals surface area contributed by atoms with Crippen molar-refractivity contribution in [2.24, 2.45) is 0 Å². The van der Waals surface area contributed by atoms with E-state index in [2.05, 4.69) is 28.2 Å². The van der Waals surface area contributed by atoms with Crippen LogP contribution in [0, 0.1) is 0 Å². The molecule has 0 aliphatic heterocycles. The summed E-state index contributed by atoms with van der Waals surface area (Å²) in [4.78, 5) is 12.1. The van der Waals surface area contributed by atoms with Crippen LogP contribution < -0.4 is 14.8 Å². The van der Waals surface area contributed by atoms with Gasteiger partial charge in [-0.2, -0.15) is 0 Å². The van der Waals surface area contributed by atoms with Crippen LogP contribution >= 0.6 is 15.9 Å². The van der Waals surface area contributed by atoms with Crippen molar-refractivity contribution in [1.82, 2.24) is 0 Å². The van der Waals surface area contributed by atoms with Crippen LogP contribution in [0.2, 0.25) is 0 Å². The third-order valence-corrected chi connectivity index (χ3v) is 3.97. The van der Waals surface area contributed by atoms with Gasteiger partial charge in [-0.3, -0.25) is 4.79 Å². The summed E-state index contributed by atoms with van der Waals surface area (Å²) in [6.07, 6.45) is 2.11. The van der Waals surface area contributed by atoms with Gasteiger partial charge in [0, 0.05) is 0 Å². The van der Waals surface area contributed by atoms with Crippen molar-refractivity contribution in [1.29, 1.82) is 0 Å². The number of ether oxygens (including phenoxy) is 2. The molecular formula is C19H22BrNO3. The van der Waals surface area contributed by atoms with E-state index >= 15 is 0 Å². The first kappa shape index (κ1) is 18.3. The number of aryl methyl sites for hydroxylation is 1. The van der Waals surface area contributed by atoms with Gasteiger partial charge >= 0.3 is 0 Å². The second-order valence-corrected chi connectivity index (χ2v) is 6.14. The molecule has 0 aromatic heterocycles. The number of carbonyl (C=O) groups excluding carboxylic acids is 1. The van der Waals surface area contributed by atoms with E-state index in [0.29, 0.717) is 23.8 Å². The molecule has 0 radical (unpaired) electrons. The van der Waals surface area contributed by atoms with Crippen LogP contribution in [0.5, 0.6) is 11.5 Å². The van der Waals surface area contributed by atoms with E-state index < -0.39 is 0 Å². The molecule has 0 atom stereocenters. The number of hydrogen-bond donors (Lipinski definition) is 1. The predicted molar refractivity (Wildman–Crippen MR) is 99.9 cm³/mol. The van der Waals surface area contributed by atoms with Gasteiger partial charge in [0.2, 0.25) is 0 Å². The van der Waals surface area contributed by atoms with Crippen LogP contribution in [-0.4, -0.2) is 19.1 Å². The minimum atomic E-state index is -0.230. The molecular weight excluding hydrogens is 370 g/mol. The Bertz CT molecular complexity index is 688. The Labute approximate surface area is 151 Å². The Kier molecular flexibility index (Phi) is 7.12. The maximum atomic E-state index is 12.1. The fourth-order valence-corrected chi connectivity index (χ4v) is 2.83. The molecule has 1 amide bonds. The van der Waals surface area contributed by atoms with Gasteiger partial charge < -0.3 is 14.8 Å². The molecule has 0 heterocycles. The predicted octanol–water partition coefficient (Wildman–Crippen LogP) is 4.82. The zero-order valence-corrected chi connectivity index (χ0v) is 15.6. The molecule has 4 nitrogen and oxygen atoms in total. The van der Waals surface area contributed by atoms with E-state index in [1.807, 2.05) is 43.3 Å². The highest BCUT2D eigenvalue weighted by atomic mass is 79.9. The highest BCUT2D eigenvalue weighted by molar-refractivity contribution is 9.10. The molecule has 0 fully saturated rings. The van der Waals surface area contributed by atoms with Crippen LogP contribution in [0.3, 0.4) is 0 Å². The van der Waals surface area contributed by atoms with Crippen molar-refractivity contribution >= 4 is 27.5 Å². The molecule has 2 aromatic carbocycles. The molecule has 1 N–H and O–H groups in total. The summed E-state index contributed by atoms with van der Waals surface area (Å²) in [5.41, 5.74) is 1.89. The Morgan fingerprint density at radius 3 is 2.58 bits per heavy atom. The summed E-state index contributed by atoms with van der Waals surface area (Å²) in [7, 11) is 0. The van der Waals surface area contributed by atoms with Crippen LogP contribution in [0.15, 0.2) is 46.9 Å². The van der Waals surface area contributed by atoms with E-state index in [1.54, 1.807) is 6.07 Å². The smallest absolute Gasteiger partial charge is 0.262 e. The molecule has 0 bridgehead atoms. The number of benzene rings is 2. The number of para-hydroxylation sites is 2. The average Bonchev–Trinajstić information content (AvgIpc) is 2.56. The number of carbonyl (C=O) groups is 1. The van der Waals surface area contributed by atoms with Gasteiger partial charge in [-0.15, -0.1) is 0 Å². The zero-order valence-electron chi connectivity index (χ0n) is 14.0. The second kappa shape index (κ2) is 9.33. The number of amides is 1.